The van der Waals surface area contributed by atoms with E-state index < -0.39 is 38.4 Å². The Morgan fingerprint density at radius 1 is 0.970 bits per heavy atom. The number of nitrogens with zero attached hydrogens (tertiary/aromatic N) is 4. The summed E-state index contributed by atoms with van der Waals surface area (Å²) >= 11 is 0. The van der Waals surface area contributed by atoms with Gasteiger partial charge in [-0.25, -0.2) is 26.6 Å². The molecule has 1 fully saturated rings. The first kappa shape index (κ1) is 23.2. The number of fused-ring (bicyclic) bond motifs is 1. The number of aromatic nitrogens is 2. The lowest BCUT2D eigenvalue weighted by Gasteiger charge is -2.37. The summed E-state index contributed by atoms with van der Waals surface area (Å²) in [5, 5.41) is 0. The summed E-state index contributed by atoms with van der Waals surface area (Å²) < 4.78 is 69.8. The van der Waals surface area contributed by atoms with Crippen LogP contribution in [0.1, 0.15) is 19.9 Å². The third-order valence-corrected chi connectivity index (χ3v) is 7.74. The van der Waals surface area contributed by atoms with Crippen LogP contribution < -0.4 is 0 Å². The number of piperazine rings is 1. The maximum absolute atomic E-state index is 14.0. The molecule has 1 aromatic heterocycles. The van der Waals surface area contributed by atoms with Crippen molar-refractivity contribution in [2.45, 2.75) is 24.8 Å². The quantitative estimate of drug-likeness (QED) is 0.562. The normalized spacial score (nSPS) is 16.5. The van der Waals surface area contributed by atoms with Crippen molar-refractivity contribution in [3.05, 3.63) is 60.2 Å². The zero-order valence-corrected chi connectivity index (χ0v) is 18.9. The predicted octanol–water partition coefficient (Wildman–Crippen LogP) is 3.18. The molecule has 7 nitrogen and oxygen atoms in total. The molecule has 33 heavy (non-hydrogen) atoms. The Hall–Kier alpha value is -2.92. The van der Waals surface area contributed by atoms with Gasteiger partial charge >= 0.3 is 0 Å². The highest BCUT2D eigenvalue weighted by Crippen LogP contribution is 2.28. The number of carbonyl (C=O) groups excluding carboxylic acids is 1. The summed E-state index contributed by atoms with van der Waals surface area (Å²) in [5.74, 6) is -3.37. The second-order valence-electron chi connectivity index (χ2n) is 8.26. The Balaban J connectivity index is 1.55. The van der Waals surface area contributed by atoms with Crippen molar-refractivity contribution in [3.63, 3.8) is 0 Å². The van der Waals surface area contributed by atoms with E-state index in [4.69, 9.17) is 0 Å². The van der Waals surface area contributed by atoms with E-state index in [1.165, 1.54) is 34.0 Å². The number of benzene rings is 2. The molecule has 2 heterocycles. The Bertz CT molecular complexity index is 1300. The number of hydrogen-bond donors (Lipinski definition) is 0. The summed E-state index contributed by atoms with van der Waals surface area (Å²) in [6.07, 6.45) is 1.38. The van der Waals surface area contributed by atoms with Gasteiger partial charge in [0.05, 0.1) is 17.4 Å². The molecule has 1 saturated heterocycles. The average molecular weight is 481 g/mol. The molecule has 4 rings (SSSR count). The number of carbonyl (C=O) groups is 1. The fraction of sp³-hybridized carbons (Fsp3) is 0.364. The van der Waals surface area contributed by atoms with E-state index in [1.807, 2.05) is 13.8 Å². The summed E-state index contributed by atoms with van der Waals surface area (Å²) in [5.41, 5.74) is 0.523. The van der Waals surface area contributed by atoms with Gasteiger partial charge in [-0.05, 0) is 18.1 Å². The molecule has 11 heteroatoms. The maximum atomic E-state index is 14.0. The van der Waals surface area contributed by atoms with Crippen LogP contribution >= 0.6 is 0 Å². The molecule has 0 N–H and O–H groups in total. The van der Waals surface area contributed by atoms with Crippen molar-refractivity contribution in [3.8, 4) is 0 Å². The SMILES string of the molecule is CC(C)C(C(=O)N1CCN(S(=O)(=O)c2ccccc2F)CC1)n1cnc2cc(F)c(F)cc21. The van der Waals surface area contributed by atoms with Gasteiger partial charge in [0.25, 0.3) is 0 Å². The van der Waals surface area contributed by atoms with E-state index in [1.54, 1.807) is 0 Å². The molecule has 0 aliphatic carbocycles. The van der Waals surface area contributed by atoms with Crippen LogP contribution in [-0.4, -0.2) is 59.3 Å². The third-order valence-electron chi connectivity index (χ3n) is 5.81. The van der Waals surface area contributed by atoms with Gasteiger partial charge in [0.15, 0.2) is 11.6 Å². The van der Waals surface area contributed by atoms with Crippen LogP contribution in [0.3, 0.4) is 0 Å². The summed E-state index contributed by atoms with van der Waals surface area (Å²) in [6, 6.07) is 6.42. The number of imidazole rings is 1. The van der Waals surface area contributed by atoms with E-state index in [9.17, 15) is 26.4 Å². The van der Waals surface area contributed by atoms with E-state index in [2.05, 4.69) is 4.98 Å². The molecule has 1 aliphatic rings. The second-order valence-corrected chi connectivity index (χ2v) is 10.2. The van der Waals surface area contributed by atoms with E-state index >= 15 is 0 Å². The van der Waals surface area contributed by atoms with Crippen molar-refractivity contribution in [1.29, 1.82) is 0 Å². The molecule has 0 bridgehead atoms. The molecule has 0 saturated carbocycles. The Labute approximate surface area is 189 Å². The molecule has 1 unspecified atom stereocenters. The van der Waals surface area contributed by atoms with Crippen LogP contribution in [0.2, 0.25) is 0 Å². The van der Waals surface area contributed by atoms with E-state index in [-0.39, 0.29) is 43.5 Å². The van der Waals surface area contributed by atoms with Gasteiger partial charge in [-0.3, -0.25) is 4.79 Å². The molecule has 1 aliphatic heterocycles. The predicted molar refractivity (Wildman–Crippen MR) is 115 cm³/mol. The molecule has 176 valence electrons. The molecule has 3 aromatic rings. The van der Waals surface area contributed by atoms with Crippen LogP contribution in [0, 0.1) is 23.4 Å². The zero-order valence-electron chi connectivity index (χ0n) is 18.1. The number of sulfonamides is 1. The van der Waals surface area contributed by atoms with Gasteiger partial charge in [-0.2, -0.15) is 4.31 Å². The van der Waals surface area contributed by atoms with Crippen LogP contribution in [0.25, 0.3) is 11.0 Å². The van der Waals surface area contributed by atoms with Gasteiger partial charge in [-0.1, -0.05) is 26.0 Å². The standard InChI is InChI=1S/C22H23F3N4O3S/c1-14(2)21(29-13-26-18-11-16(24)17(25)12-19(18)29)22(30)27-7-9-28(10-8-27)33(31,32)20-6-4-3-5-15(20)23/h3-6,11-14,21H,7-10H2,1-2H3. The Morgan fingerprint density at radius 3 is 2.24 bits per heavy atom. The molecule has 1 atom stereocenters. The molecular formula is C22H23F3N4O3S. The minimum Gasteiger partial charge on any atom is -0.338 e. The largest absolute Gasteiger partial charge is 0.338 e. The number of amides is 1. The number of hydrogen-bond acceptors (Lipinski definition) is 4. The van der Waals surface area contributed by atoms with Crippen LogP contribution in [0.5, 0.6) is 0 Å². The smallest absolute Gasteiger partial charge is 0.246 e. The molecule has 0 radical (unpaired) electrons. The van der Waals surface area contributed by atoms with Crippen molar-refractivity contribution in [2.75, 3.05) is 26.2 Å². The minimum atomic E-state index is -4.03. The summed E-state index contributed by atoms with van der Waals surface area (Å²) in [6.45, 7) is 3.91. The number of rotatable bonds is 5. The topological polar surface area (TPSA) is 75.5 Å². The third kappa shape index (κ3) is 4.22. The fourth-order valence-electron chi connectivity index (χ4n) is 4.10. The monoisotopic (exact) mass is 480 g/mol. The molecule has 2 aromatic carbocycles. The second kappa shape index (κ2) is 8.79. The average Bonchev–Trinajstić information content (AvgIpc) is 3.16. The first-order valence-electron chi connectivity index (χ1n) is 10.5. The lowest BCUT2D eigenvalue weighted by atomic mass is 10.0. The first-order valence-corrected chi connectivity index (χ1v) is 11.9. The molecule has 1 amide bonds. The van der Waals surface area contributed by atoms with Crippen molar-refractivity contribution in [1.82, 2.24) is 18.8 Å². The highest BCUT2D eigenvalue weighted by atomic mass is 32.2. The van der Waals surface area contributed by atoms with Gasteiger partial charge in [0, 0.05) is 38.3 Å². The maximum Gasteiger partial charge on any atom is 0.246 e. The zero-order chi connectivity index (χ0) is 23.9. The van der Waals surface area contributed by atoms with E-state index in [0.717, 1.165) is 22.5 Å². The van der Waals surface area contributed by atoms with Gasteiger partial charge in [0.2, 0.25) is 15.9 Å². The highest BCUT2D eigenvalue weighted by molar-refractivity contribution is 7.89. The Morgan fingerprint density at radius 2 is 1.61 bits per heavy atom. The van der Waals surface area contributed by atoms with Crippen molar-refractivity contribution >= 4 is 27.0 Å². The molecule has 0 spiro atoms. The lowest BCUT2D eigenvalue weighted by Crippen LogP contribution is -2.52. The highest BCUT2D eigenvalue weighted by Gasteiger charge is 2.35. The van der Waals surface area contributed by atoms with Crippen molar-refractivity contribution < 1.29 is 26.4 Å². The van der Waals surface area contributed by atoms with Gasteiger partial charge < -0.3 is 9.47 Å². The first-order chi connectivity index (χ1) is 15.6. The lowest BCUT2D eigenvalue weighted by molar-refractivity contribution is -0.137. The van der Waals surface area contributed by atoms with E-state index in [0.29, 0.717) is 5.52 Å². The van der Waals surface area contributed by atoms with Gasteiger partial charge in [0.1, 0.15) is 16.8 Å². The van der Waals surface area contributed by atoms with Gasteiger partial charge in [-0.15, -0.1) is 0 Å². The van der Waals surface area contributed by atoms with Crippen LogP contribution in [0.15, 0.2) is 47.6 Å². The fourth-order valence-corrected chi connectivity index (χ4v) is 5.59. The Kier molecular flexibility index (Phi) is 6.19. The molecular weight excluding hydrogens is 457 g/mol. The van der Waals surface area contributed by atoms with Crippen LogP contribution in [-0.2, 0) is 14.8 Å². The minimum absolute atomic E-state index is 0.0116. The summed E-state index contributed by atoms with van der Waals surface area (Å²) in [4.78, 5) is 18.6. The van der Waals surface area contributed by atoms with Crippen molar-refractivity contribution in [2.24, 2.45) is 5.92 Å². The summed E-state index contributed by atoms with van der Waals surface area (Å²) in [7, 11) is -4.03. The number of halogens is 3. The van der Waals surface area contributed by atoms with Crippen LogP contribution in [0.4, 0.5) is 13.2 Å².